The molecule has 2 atom stereocenters. The molecule has 0 aromatic carbocycles. The lowest BCUT2D eigenvalue weighted by atomic mass is 9.86. The van der Waals surface area contributed by atoms with Gasteiger partial charge < -0.3 is 19.9 Å². The van der Waals surface area contributed by atoms with Crippen LogP contribution in [0.1, 0.15) is 52.9 Å². The van der Waals surface area contributed by atoms with Gasteiger partial charge in [-0.3, -0.25) is 4.79 Å². The first-order valence-electron chi connectivity index (χ1n) is 7.94. The zero-order chi connectivity index (χ0) is 15.9. The standard InChI is InChI=1S/C16H31NO4/c1-5-21-14(18)16(17)9-6-7-13(16)8-11-20-12-10-15(2,3)19-4/h13H,5-12,17H2,1-4H3. The fourth-order valence-electron chi connectivity index (χ4n) is 2.79. The largest absolute Gasteiger partial charge is 0.465 e. The van der Waals surface area contributed by atoms with E-state index in [0.717, 1.165) is 25.7 Å². The number of carbonyl (C=O) groups excluding carboxylic acids is 1. The third-order valence-corrected chi connectivity index (χ3v) is 4.54. The van der Waals surface area contributed by atoms with Crippen LogP contribution in [0.4, 0.5) is 0 Å². The van der Waals surface area contributed by atoms with Gasteiger partial charge >= 0.3 is 5.97 Å². The van der Waals surface area contributed by atoms with E-state index in [2.05, 4.69) is 0 Å². The van der Waals surface area contributed by atoms with Crippen LogP contribution in [0.25, 0.3) is 0 Å². The second kappa shape index (κ2) is 8.11. The highest BCUT2D eigenvalue weighted by atomic mass is 16.5. The van der Waals surface area contributed by atoms with Gasteiger partial charge in [0.1, 0.15) is 5.54 Å². The van der Waals surface area contributed by atoms with Gasteiger partial charge in [-0.15, -0.1) is 0 Å². The normalized spacial score (nSPS) is 26.0. The first kappa shape index (κ1) is 18.4. The van der Waals surface area contributed by atoms with Crippen molar-refractivity contribution in [3.05, 3.63) is 0 Å². The zero-order valence-corrected chi connectivity index (χ0v) is 13.9. The van der Waals surface area contributed by atoms with Gasteiger partial charge in [0.25, 0.3) is 0 Å². The van der Waals surface area contributed by atoms with E-state index in [9.17, 15) is 4.79 Å². The molecule has 5 heteroatoms. The molecule has 0 amide bonds. The van der Waals surface area contributed by atoms with Gasteiger partial charge in [-0.05, 0) is 52.4 Å². The summed E-state index contributed by atoms with van der Waals surface area (Å²) in [5, 5.41) is 0. The lowest BCUT2D eigenvalue weighted by Crippen LogP contribution is -2.52. The lowest BCUT2D eigenvalue weighted by molar-refractivity contribution is -0.151. The number of hydrogen-bond donors (Lipinski definition) is 1. The summed E-state index contributed by atoms with van der Waals surface area (Å²) < 4.78 is 16.2. The number of hydrogen-bond acceptors (Lipinski definition) is 5. The molecule has 1 aliphatic rings. The number of carbonyl (C=O) groups is 1. The second-order valence-corrected chi connectivity index (χ2v) is 6.46. The van der Waals surface area contributed by atoms with Gasteiger partial charge in [0.05, 0.1) is 12.2 Å². The highest BCUT2D eigenvalue weighted by Gasteiger charge is 2.46. The topological polar surface area (TPSA) is 70.8 Å². The van der Waals surface area contributed by atoms with Crippen LogP contribution in [0, 0.1) is 5.92 Å². The van der Waals surface area contributed by atoms with Crippen molar-refractivity contribution < 1.29 is 19.0 Å². The minimum atomic E-state index is -0.814. The Balaban J connectivity index is 2.32. The molecule has 0 aliphatic heterocycles. The van der Waals surface area contributed by atoms with Crippen molar-refractivity contribution >= 4 is 5.97 Å². The molecular formula is C16H31NO4. The van der Waals surface area contributed by atoms with Crippen LogP contribution < -0.4 is 5.73 Å². The summed E-state index contributed by atoms with van der Waals surface area (Å²) in [5.74, 6) is -0.0972. The molecule has 2 unspecified atom stereocenters. The van der Waals surface area contributed by atoms with E-state index in [4.69, 9.17) is 19.9 Å². The Morgan fingerprint density at radius 2 is 2.10 bits per heavy atom. The SMILES string of the molecule is CCOC(=O)C1(N)CCCC1CCOCCC(C)(C)OC. The van der Waals surface area contributed by atoms with Crippen molar-refractivity contribution in [3.63, 3.8) is 0 Å². The van der Waals surface area contributed by atoms with Crippen LogP contribution in [-0.2, 0) is 19.0 Å². The van der Waals surface area contributed by atoms with E-state index in [1.807, 2.05) is 20.8 Å². The molecular weight excluding hydrogens is 270 g/mol. The third kappa shape index (κ3) is 5.24. The van der Waals surface area contributed by atoms with Gasteiger partial charge in [-0.1, -0.05) is 6.42 Å². The minimum Gasteiger partial charge on any atom is -0.465 e. The smallest absolute Gasteiger partial charge is 0.326 e. The number of esters is 1. The highest BCUT2D eigenvalue weighted by molar-refractivity contribution is 5.81. The summed E-state index contributed by atoms with van der Waals surface area (Å²) in [4.78, 5) is 12.0. The van der Waals surface area contributed by atoms with Crippen molar-refractivity contribution in [1.29, 1.82) is 0 Å². The Morgan fingerprint density at radius 3 is 2.71 bits per heavy atom. The second-order valence-electron chi connectivity index (χ2n) is 6.46. The van der Waals surface area contributed by atoms with Crippen LogP contribution >= 0.6 is 0 Å². The average molecular weight is 301 g/mol. The van der Waals surface area contributed by atoms with Gasteiger partial charge in [0, 0.05) is 20.3 Å². The van der Waals surface area contributed by atoms with E-state index in [-0.39, 0.29) is 17.5 Å². The maximum atomic E-state index is 12.0. The molecule has 0 spiro atoms. The molecule has 1 fully saturated rings. The van der Waals surface area contributed by atoms with Crippen LogP contribution in [0.15, 0.2) is 0 Å². The average Bonchev–Trinajstić information content (AvgIpc) is 2.81. The molecule has 1 aliphatic carbocycles. The van der Waals surface area contributed by atoms with Crippen LogP contribution in [0.5, 0.6) is 0 Å². The van der Waals surface area contributed by atoms with Crippen molar-refractivity contribution in [2.45, 2.75) is 64.0 Å². The summed E-state index contributed by atoms with van der Waals surface area (Å²) in [6, 6.07) is 0. The summed E-state index contributed by atoms with van der Waals surface area (Å²) in [5.41, 5.74) is 5.32. The molecule has 1 saturated carbocycles. The molecule has 0 radical (unpaired) electrons. The lowest BCUT2D eigenvalue weighted by Gasteiger charge is -2.29. The van der Waals surface area contributed by atoms with Crippen molar-refractivity contribution in [3.8, 4) is 0 Å². The van der Waals surface area contributed by atoms with Gasteiger partial charge in [-0.25, -0.2) is 0 Å². The Kier molecular flexibility index (Phi) is 7.10. The fourth-order valence-corrected chi connectivity index (χ4v) is 2.79. The predicted molar refractivity (Wildman–Crippen MR) is 82.0 cm³/mol. The summed E-state index contributed by atoms with van der Waals surface area (Å²) in [6.45, 7) is 7.56. The number of rotatable bonds is 9. The summed E-state index contributed by atoms with van der Waals surface area (Å²) in [6.07, 6.45) is 4.33. The van der Waals surface area contributed by atoms with Gasteiger partial charge in [0.2, 0.25) is 0 Å². The third-order valence-electron chi connectivity index (χ3n) is 4.54. The van der Waals surface area contributed by atoms with Crippen LogP contribution in [0.2, 0.25) is 0 Å². The van der Waals surface area contributed by atoms with Crippen molar-refractivity contribution in [2.24, 2.45) is 11.7 Å². The van der Waals surface area contributed by atoms with E-state index < -0.39 is 5.54 Å². The van der Waals surface area contributed by atoms with Crippen molar-refractivity contribution in [1.82, 2.24) is 0 Å². The molecule has 0 aromatic heterocycles. The number of methoxy groups -OCH3 is 1. The molecule has 1 rings (SSSR count). The van der Waals surface area contributed by atoms with Gasteiger partial charge in [-0.2, -0.15) is 0 Å². The maximum absolute atomic E-state index is 12.0. The molecule has 2 N–H and O–H groups in total. The zero-order valence-electron chi connectivity index (χ0n) is 13.9. The highest BCUT2D eigenvalue weighted by Crippen LogP contribution is 2.37. The van der Waals surface area contributed by atoms with E-state index in [0.29, 0.717) is 26.2 Å². The molecule has 124 valence electrons. The van der Waals surface area contributed by atoms with E-state index >= 15 is 0 Å². The minimum absolute atomic E-state index is 0.157. The molecule has 0 bridgehead atoms. The van der Waals surface area contributed by atoms with E-state index in [1.165, 1.54) is 0 Å². The maximum Gasteiger partial charge on any atom is 0.326 e. The summed E-state index contributed by atoms with van der Waals surface area (Å²) >= 11 is 0. The van der Waals surface area contributed by atoms with Crippen LogP contribution in [0.3, 0.4) is 0 Å². The molecule has 0 heterocycles. The Bertz CT molecular complexity index is 332. The Hall–Kier alpha value is -0.650. The summed E-state index contributed by atoms with van der Waals surface area (Å²) in [7, 11) is 1.71. The number of ether oxygens (including phenoxy) is 3. The Morgan fingerprint density at radius 1 is 1.38 bits per heavy atom. The van der Waals surface area contributed by atoms with Gasteiger partial charge in [0.15, 0.2) is 0 Å². The Labute approximate surface area is 128 Å². The monoisotopic (exact) mass is 301 g/mol. The predicted octanol–water partition coefficient (Wildman–Crippen LogP) is 2.27. The number of nitrogens with two attached hydrogens (primary N) is 1. The molecule has 21 heavy (non-hydrogen) atoms. The van der Waals surface area contributed by atoms with E-state index in [1.54, 1.807) is 7.11 Å². The molecule has 0 saturated heterocycles. The fraction of sp³-hybridized carbons (Fsp3) is 0.938. The first-order chi connectivity index (χ1) is 9.85. The van der Waals surface area contributed by atoms with Crippen LogP contribution in [-0.4, -0.2) is 44.0 Å². The molecule has 0 aromatic rings. The van der Waals surface area contributed by atoms with Crippen molar-refractivity contribution in [2.75, 3.05) is 26.9 Å². The quantitative estimate of drug-likeness (QED) is 0.522. The molecule has 5 nitrogen and oxygen atoms in total. The first-order valence-corrected chi connectivity index (χ1v) is 7.94.